The lowest BCUT2D eigenvalue weighted by molar-refractivity contribution is -0.384. The summed E-state index contributed by atoms with van der Waals surface area (Å²) in [5.74, 6) is -0.0983. The van der Waals surface area contributed by atoms with Crippen LogP contribution in [0, 0.1) is 21.4 Å². The predicted molar refractivity (Wildman–Crippen MR) is 91.0 cm³/mol. The number of anilines is 1. The second-order valence-corrected chi connectivity index (χ2v) is 5.96. The van der Waals surface area contributed by atoms with Crippen LogP contribution in [0.15, 0.2) is 30.3 Å². The highest BCUT2D eigenvalue weighted by molar-refractivity contribution is 5.92. The van der Waals surface area contributed by atoms with E-state index in [1.807, 2.05) is 0 Å². The fraction of sp³-hybridized carbons (Fsp3) is 0.278. The van der Waals surface area contributed by atoms with E-state index >= 15 is 0 Å². The highest BCUT2D eigenvalue weighted by Gasteiger charge is 2.17. The molecule has 2 aromatic rings. The molecule has 1 aromatic heterocycles. The number of amides is 1. The Morgan fingerprint density at radius 2 is 2.12 bits per heavy atom. The maximum atomic E-state index is 12.3. The zero-order valence-electron chi connectivity index (χ0n) is 13.5. The largest absolute Gasteiger partial charge is 0.309 e. The number of nitrogens with one attached hydrogen (secondary N) is 1. The van der Waals surface area contributed by atoms with Crippen molar-refractivity contribution in [3.8, 4) is 6.07 Å². The third-order valence-corrected chi connectivity index (χ3v) is 4.17. The van der Waals surface area contributed by atoms with E-state index in [4.69, 9.17) is 0 Å². The molecule has 1 N–H and O–H groups in total. The van der Waals surface area contributed by atoms with Gasteiger partial charge in [0.15, 0.2) is 5.82 Å². The van der Waals surface area contributed by atoms with Crippen molar-refractivity contribution in [1.82, 2.24) is 4.98 Å². The first-order chi connectivity index (χ1) is 12.1. The Morgan fingerprint density at radius 1 is 1.32 bits per heavy atom. The molecular weight excluding hydrogens is 320 g/mol. The lowest BCUT2D eigenvalue weighted by atomic mass is 9.95. The zero-order chi connectivity index (χ0) is 17.8. The number of hydrogen-bond donors (Lipinski definition) is 1. The summed E-state index contributed by atoms with van der Waals surface area (Å²) in [5.41, 5.74) is 2.81. The van der Waals surface area contributed by atoms with Gasteiger partial charge in [0, 0.05) is 17.8 Å². The molecule has 0 bridgehead atoms. The highest BCUT2D eigenvalue weighted by Crippen LogP contribution is 2.24. The molecule has 1 amide bonds. The van der Waals surface area contributed by atoms with Gasteiger partial charge in [0.05, 0.1) is 16.9 Å². The van der Waals surface area contributed by atoms with E-state index in [-0.39, 0.29) is 23.8 Å². The number of aryl methyl sites for hydroxylation is 2. The van der Waals surface area contributed by atoms with Crippen molar-refractivity contribution in [2.45, 2.75) is 32.1 Å². The van der Waals surface area contributed by atoms with E-state index in [0.717, 1.165) is 36.9 Å². The highest BCUT2D eigenvalue weighted by atomic mass is 16.6. The molecule has 1 aliphatic rings. The van der Waals surface area contributed by atoms with Crippen LogP contribution in [0.2, 0.25) is 0 Å². The summed E-state index contributed by atoms with van der Waals surface area (Å²) < 4.78 is 0. The third kappa shape index (κ3) is 3.80. The lowest BCUT2D eigenvalue weighted by Gasteiger charge is -2.17. The molecule has 126 valence electrons. The minimum atomic E-state index is -0.500. The van der Waals surface area contributed by atoms with Gasteiger partial charge in [0.1, 0.15) is 6.07 Å². The van der Waals surface area contributed by atoms with Gasteiger partial charge < -0.3 is 5.32 Å². The van der Waals surface area contributed by atoms with E-state index in [1.54, 1.807) is 18.2 Å². The minimum Gasteiger partial charge on any atom is -0.309 e. The number of nitriles is 1. The van der Waals surface area contributed by atoms with Crippen LogP contribution in [0.5, 0.6) is 0 Å². The van der Waals surface area contributed by atoms with Crippen molar-refractivity contribution in [3.63, 3.8) is 0 Å². The van der Waals surface area contributed by atoms with Crippen LogP contribution in [0.25, 0.3) is 0 Å². The molecule has 1 aliphatic carbocycles. The molecule has 0 radical (unpaired) electrons. The molecule has 0 spiro atoms. The van der Waals surface area contributed by atoms with Crippen LogP contribution < -0.4 is 5.32 Å². The number of pyridine rings is 1. The minimum absolute atomic E-state index is 0.0225. The number of non-ortho nitro benzene ring substituents is 1. The number of nitro benzene ring substituents is 1. The number of hydrogen-bond acceptors (Lipinski definition) is 5. The van der Waals surface area contributed by atoms with Crippen LogP contribution >= 0.6 is 0 Å². The third-order valence-electron chi connectivity index (χ3n) is 4.17. The smallest absolute Gasteiger partial charge is 0.269 e. The van der Waals surface area contributed by atoms with Gasteiger partial charge in [-0.3, -0.25) is 14.9 Å². The lowest BCUT2D eigenvalue weighted by Crippen LogP contribution is -2.18. The number of nitro groups is 1. The Hall–Kier alpha value is -3.27. The Morgan fingerprint density at radius 3 is 2.88 bits per heavy atom. The summed E-state index contributed by atoms with van der Waals surface area (Å²) in [6, 6.07) is 9.80. The zero-order valence-corrected chi connectivity index (χ0v) is 13.5. The second-order valence-electron chi connectivity index (χ2n) is 5.96. The van der Waals surface area contributed by atoms with Crippen molar-refractivity contribution in [2.75, 3.05) is 5.32 Å². The van der Waals surface area contributed by atoms with Crippen molar-refractivity contribution >= 4 is 17.4 Å². The molecule has 0 saturated heterocycles. The van der Waals surface area contributed by atoms with Crippen molar-refractivity contribution in [1.29, 1.82) is 5.26 Å². The van der Waals surface area contributed by atoms with Gasteiger partial charge in [-0.05, 0) is 42.9 Å². The molecule has 0 saturated carbocycles. The number of carbonyl (C=O) groups excluding carboxylic acids is 1. The quantitative estimate of drug-likeness (QED) is 0.682. The van der Waals surface area contributed by atoms with Crippen LogP contribution in [-0.2, 0) is 24.1 Å². The topological polar surface area (TPSA) is 109 Å². The summed E-state index contributed by atoms with van der Waals surface area (Å²) in [7, 11) is 0. The Kier molecular flexibility index (Phi) is 4.70. The van der Waals surface area contributed by atoms with Crippen LogP contribution in [0.3, 0.4) is 0 Å². The Balaban J connectivity index is 1.78. The van der Waals surface area contributed by atoms with E-state index in [9.17, 15) is 20.2 Å². The molecule has 25 heavy (non-hydrogen) atoms. The number of rotatable bonds is 4. The summed E-state index contributed by atoms with van der Waals surface area (Å²) >= 11 is 0. The van der Waals surface area contributed by atoms with E-state index < -0.39 is 4.92 Å². The van der Waals surface area contributed by atoms with Crippen molar-refractivity contribution in [2.24, 2.45) is 0 Å². The fourth-order valence-electron chi connectivity index (χ4n) is 2.96. The van der Waals surface area contributed by atoms with Crippen LogP contribution in [-0.4, -0.2) is 15.8 Å². The monoisotopic (exact) mass is 336 g/mol. The molecule has 1 aromatic carbocycles. The Labute approximate surface area is 144 Å². The van der Waals surface area contributed by atoms with Gasteiger partial charge in [-0.25, -0.2) is 4.98 Å². The maximum absolute atomic E-state index is 12.3. The van der Waals surface area contributed by atoms with Crippen molar-refractivity contribution < 1.29 is 9.72 Å². The SMILES string of the molecule is N#Cc1cc2c(nc1NC(=O)Cc1cccc([N+](=O)[O-])c1)CCCC2. The summed E-state index contributed by atoms with van der Waals surface area (Å²) in [4.78, 5) is 27.0. The van der Waals surface area contributed by atoms with E-state index in [1.165, 1.54) is 12.1 Å². The molecule has 1 heterocycles. The first kappa shape index (κ1) is 16.6. The summed E-state index contributed by atoms with van der Waals surface area (Å²) in [6.45, 7) is 0. The number of fused-ring (bicyclic) bond motifs is 1. The second kappa shape index (κ2) is 7.09. The van der Waals surface area contributed by atoms with Gasteiger partial charge in [-0.1, -0.05) is 12.1 Å². The first-order valence-electron chi connectivity index (χ1n) is 8.03. The van der Waals surface area contributed by atoms with Crippen LogP contribution in [0.1, 0.15) is 35.2 Å². The normalized spacial score (nSPS) is 12.8. The summed E-state index contributed by atoms with van der Waals surface area (Å²) in [5, 5.41) is 22.8. The summed E-state index contributed by atoms with van der Waals surface area (Å²) in [6.07, 6.45) is 3.85. The van der Waals surface area contributed by atoms with Gasteiger partial charge in [0.25, 0.3) is 5.69 Å². The number of aromatic nitrogens is 1. The first-order valence-corrected chi connectivity index (χ1v) is 8.03. The molecule has 0 atom stereocenters. The number of benzene rings is 1. The number of nitrogens with zero attached hydrogens (tertiary/aromatic N) is 3. The fourth-order valence-corrected chi connectivity index (χ4v) is 2.96. The van der Waals surface area contributed by atoms with E-state index in [2.05, 4.69) is 16.4 Å². The predicted octanol–water partition coefficient (Wildman–Crippen LogP) is 2.92. The number of carbonyl (C=O) groups is 1. The molecular formula is C18H16N4O3. The molecule has 7 heteroatoms. The van der Waals surface area contributed by atoms with Gasteiger partial charge in [0.2, 0.25) is 5.91 Å². The molecule has 7 nitrogen and oxygen atoms in total. The van der Waals surface area contributed by atoms with Gasteiger partial charge in [-0.15, -0.1) is 0 Å². The maximum Gasteiger partial charge on any atom is 0.269 e. The molecule has 3 rings (SSSR count). The molecule has 0 unspecified atom stereocenters. The van der Waals surface area contributed by atoms with E-state index in [0.29, 0.717) is 11.1 Å². The Bertz CT molecular complexity index is 886. The standard InChI is InChI=1S/C18H16N4O3/c19-11-14-10-13-5-1-2-7-16(13)20-18(14)21-17(23)9-12-4-3-6-15(8-12)22(24)25/h3-4,6,8,10H,1-2,5,7,9H2,(H,20,21,23). The average Bonchev–Trinajstić information content (AvgIpc) is 2.61. The molecule has 0 fully saturated rings. The average molecular weight is 336 g/mol. The van der Waals surface area contributed by atoms with Gasteiger partial charge >= 0.3 is 0 Å². The van der Waals surface area contributed by atoms with Gasteiger partial charge in [-0.2, -0.15) is 5.26 Å². The van der Waals surface area contributed by atoms with Crippen LogP contribution in [0.4, 0.5) is 11.5 Å². The molecule has 0 aliphatic heterocycles. The van der Waals surface area contributed by atoms with Crippen molar-refractivity contribution in [3.05, 3.63) is 62.8 Å².